The topological polar surface area (TPSA) is 0 Å². The Morgan fingerprint density at radius 1 is 0.800 bits per heavy atom. The number of allylic oxidation sites excluding steroid dienone is 2. The molecule has 0 heterocycles. The van der Waals surface area contributed by atoms with Gasteiger partial charge in [-0.3, -0.25) is 0 Å². The van der Waals surface area contributed by atoms with Crippen molar-refractivity contribution >= 4 is 46.4 Å². The maximum atomic E-state index is 5.09. The van der Waals surface area contributed by atoms with Gasteiger partial charge in [-0.05, 0) is 13.8 Å². The molecule has 0 fully saturated rings. The average Bonchev–Trinajstić information content (AvgIpc) is 1.89. The molecule has 0 atom stereocenters. The summed E-state index contributed by atoms with van der Waals surface area (Å²) < 4.78 is 0.648. The molecule has 4 heteroatoms. The summed E-state index contributed by atoms with van der Waals surface area (Å²) in [6, 6.07) is 0. The van der Waals surface area contributed by atoms with E-state index in [0.29, 0.717) is 8.98 Å². The smallest absolute Gasteiger partial charge is 0.0713 e. The first-order chi connectivity index (χ1) is 4.54. The minimum Gasteiger partial charge on any atom is -0.0713 e. The van der Waals surface area contributed by atoms with Crippen LogP contribution in [-0.2, 0) is 0 Å². The fraction of sp³-hybridized carbons (Fsp3) is 0.333. The van der Waals surface area contributed by atoms with E-state index in [2.05, 4.69) is 0 Å². The fourth-order valence-electron chi connectivity index (χ4n) is 0. The predicted octanol–water partition coefficient (Wildman–Crippen LogP) is 4.65. The minimum atomic E-state index is 0.324. The first kappa shape index (κ1) is 13.2. The molecule has 0 aliphatic rings. The highest BCUT2D eigenvalue weighted by Gasteiger charge is 1.68. The summed E-state index contributed by atoms with van der Waals surface area (Å²) in [6.45, 7) is 3.55. The number of hydrogen-bond acceptors (Lipinski definition) is 0. The molecule has 0 aromatic carbocycles. The summed E-state index contributed by atoms with van der Waals surface area (Å²) in [5, 5.41) is 0. The molecule has 0 bridgehead atoms. The molecule has 0 amide bonds. The Morgan fingerprint density at radius 3 is 0.900 bits per heavy atom. The summed E-state index contributed by atoms with van der Waals surface area (Å²) in [5.41, 5.74) is 0. The second-order valence-corrected chi connectivity index (χ2v) is 3.17. The third-order valence-corrected chi connectivity index (χ3v) is 1.31. The highest BCUT2D eigenvalue weighted by Crippen LogP contribution is 2.03. The third-order valence-electron chi connectivity index (χ3n) is 0.436. The van der Waals surface area contributed by atoms with Gasteiger partial charge in [0.1, 0.15) is 8.98 Å². The second-order valence-electron chi connectivity index (χ2n) is 1.16. The predicted molar refractivity (Wildman–Crippen MR) is 50.9 cm³/mol. The average molecular weight is 222 g/mol. The van der Waals surface area contributed by atoms with Gasteiger partial charge >= 0.3 is 0 Å². The van der Waals surface area contributed by atoms with E-state index >= 15 is 0 Å². The molecule has 0 saturated carbocycles. The van der Waals surface area contributed by atoms with E-state index < -0.39 is 0 Å². The van der Waals surface area contributed by atoms with E-state index in [9.17, 15) is 0 Å². The Morgan fingerprint density at radius 2 is 0.900 bits per heavy atom. The van der Waals surface area contributed by atoms with E-state index in [1.807, 2.05) is 0 Å². The zero-order valence-electron chi connectivity index (χ0n) is 5.67. The van der Waals surface area contributed by atoms with Gasteiger partial charge in [0, 0.05) is 0 Å². The van der Waals surface area contributed by atoms with E-state index in [4.69, 9.17) is 46.4 Å². The lowest BCUT2D eigenvalue weighted by Gasteiger charge is -1.66. The second kappa shape index (κ2) is 9.64. The Bertz CT molecular complexity index is 102. The Balaban J connectivity index is 0. The molecule has 0 N–H and O–H groups in total. The van der Waals surface area contributed by atoms with Crippen LogP contribution in [0.3, 0.4) is 0 Å². The van der Waals surface area contributed by atoms with Crippen LogP contribution in [0, 0.1) is 0 Å². The van der Waals surface area contributed by atoms with Gasteiger partial charge in [0.25, 0.3) is 0 Å². The summed E-state index contributed by atoms with van der Waals surface area (Å²) in [4.78, 5) is 0. The molecule has 0 aromatic rings. The quantitative estimate of drug-likeness (QED) is 0.559. The fourth-order valence-corrected chi connectivity index (χ4v) is 0. The van der Waals surface area contributed by atoms with Crippen LogP contribution >= 0.6 is 46.4 Å². The van der Waals surface area contributed by atoms with Crippen LogP contribution < -0.4 is 0 Å². The highest BCUT2D eigenvalue weighted by molar-refractivity contribution is 6.56. The molecule has 0 rings (SSSR count). The van der Waals surface area contributed by atoms with Gasteiger partial charge < -0.3 is 0 Å². The van der Waals surface area contributed by atoms with Crippen molar-refractivity contribution in [3.63, 3.8) is 0 Å². The van der Waals surface area contributed by atoms with Crippen molar-refractivity contribution in [3.8, 4) is 0 Å². The summed E-state index contributed by atoms with van der Waals surface area (Å²) >= 11 is 20.4. The molecular weight excluding hydrogens is 214 g/mol. The van der Waals surface area contributed by atoms with Gasteiger partial charge in [0.15, 0.2) is 0 Å². The normalized spacial score (nSPS) is 7.00. The van der Waals surface area contributed by atoms with Crippen molar-refractivity contribution < 1.29 is 0 Å². The van der Waals surface area contributed by atoms with E-state index in [1.54, 1.807) is 26.0 Å². The molecule has 0 spiro atoms. The lowest BCUT2D eigenvalue weighted by molar-refractivity contribution is 1.76. The van der Waals surface area contributed by atoms with Crippen molar-refractivity contribution in [3.05, 3.63) is 21.1 Å². The van der Waals surface area contributed by atoms with E-state index in [-0.39, 0.29) is 0 Å². The highest BCUT2D eigenvalue weighted by atomic mass is 35.5. The summed E-state index contributed by atoms with van der Waals surface area (Å²) in [7, 11) is 0. The minimum absolute atomic E-state index is 0.324. The van der Waals surface area contributed by atoms with Crippen molar-refractivity contribution in [2.45, 2.75) is 13.8 Å². The van der Waals surface area contributed by atoms with Crippen LogP contribution in [0.2, 0.25) is 0 Å². The summed E-state index contributed by atoms with van der Waals surface area (Å²) in [6.07, 6.45) is 3.23. The van der Waals surface area contributed by atoms with Crippen molar-refractivity contribution in [1.82, 2.24) is 0 Å². The van der Waals surface area contributed by atoms with E-state index in [1.165, 1.54) is 0 Å². The van der Waals surface area contributed by atoms with Gasteiger partial charge in [-0.15, -0.1) is 0 Å². The molecule has 60 valence electrons. The van der Waals surface area contributed by atoms with Gasteiger partial charge in [0.2, 0.25) is 0 Å². The standard InChI is InChI=1S/2C3H4Cl2/c2*1-2-3(4)5/h2*2H,1H3. The third kappa shape index (κ3) is 23.4. The lowest BCUT2D eigenvalue weighted by Crippen LogP contribution is -1.38. The van der Waals surface area contributed by atoms with Gasteiger partial charge in [-0.2, -0.15) is 0 Å². The van der Waals surface area contributed by atoms with Crippen LogP contribution in [0.1, 0.15) is 13.8 Å². The monoisotopic (exact) mass is 220 g/mol. The Kier molecular flexibility index (Phi) is 12.8. The van der Waals surface area contributed by atoms with Gasteiger partial charge in [-0.1, -0.05) is 58.6 Å². The maximum absolute atomic E-state index is 5.09. The molecule has 0 unspecified atom stereocenters. The zero-order valence-corrected chi connectivity index (χ0v) is 8.69. The van der Waals surface area contributed by atoms with Crippen LogP contribution in [0.15, 0.2) is 21.1 Å². The first-order valence-electron chi connectivity index (χ1n) is 2.49. The number of halogens is 4. The van der Waals surface area contributed by atoms with Crippen molar-refractivity contribution in [2.24, 2.45) is 0 Å². The van der Waals surface area contributed by atoms with Crippen LogP contribution in [-0.4, -0.2) is 0 Å². The summed E-state index contributed by atoms with van der Waals surface area (Å²) in [5.74, 6) is 0. The molecule has 0 nitrogen and oxygen atoms in total. The first-order valence-corrected chi connectivity index (χ1v) is 4.00. The molecular formula is C6H8Cl4. The Labute approximate surface area is 81.4 Å². The lowest BCUT2D eigenvalue weighted by atomic mass is 10.8. The molecule has 10 heavy (non-hydrogen) atoms. The van der Waals surface area contributed by atoms with Gasteiger partial charge in [-0.25, -0.2) is 0 Å². The zero-order chi connectivity index (χ0) is 8.57. The molecule has 0 radical (unpaired) electrons. The largest absolute Gasteiger partial charge is 0.102 e. The van der Waals surface area contributed by atoms with Crippen LogP contribution in [0.4, 0.5) is 0 Å². The molecule has 0 aliphatic heterocycles. The van der Waals surface area contributed by atoms with E-state index in [0.717, 1.165) is 0 Å². The van der Waals surface area contributed by atoms with Gasteiger partial charge in [0.05, 0.1) is 0 Å². The molecule has 0 aromatic heterocycles. The van der Waals surface area contributed by atoms with Crippen molar-refractivity contribution in [2.75, 3.05) is 0 Å². The van der Waals surface area contributed by atoms with Crippen LogP contribution in [0.25, 0.3) is 0 Å². The Hall–Kier alpha value is 0.640. The number of rotatable bonds is 0. The maximum Gasteiger partial charge on any atom is 0.102 e. The SMILES string of the molecule is CC=C(Cl)Cl.CC=C(Cl)Cl. The van der Waals surface area contributed by atoms with Crippen LogP contribution in [0.5, 0.6) is 0 Å². The number of hydrogen-bond donors (Lipinski definition) is 0. The molecule has 0 aliphatic carbocycles. The van der Waals surface area contributed by atoms with Crippen molar-refractivity contribution in [1.29, 1.82) is 0 Å². The molecule has 0 saturated heterocycles.